The lowest BCUT2D eigenvalue weighted by Gasteiger charge is -2.41. The Morgan fingerprint density at radius 1 is 1.60 bits per heavy atom. The molecule has 84 valence electrons. The van der Waals surface area contributed by atoms with Crippen LogP contribution in [0.1, 0.15) is 26.7 Å². The summed E-state index contributed by atoms with van der Waals surface area (Å²) in [7, 11) is 0. The molecule has 2 heterocycles. The fraction of sp³-hybridized carbons (Fsp3) is 0.800. The summed E-state index contributed by atoms with van der Waals surface area (Å²) < 4.78 is 5.28. The highest BCUT2D eigenvalue weighted by molar-refractivity contribution is 9.09. The Kier molecular flexibility index (Phi) is 2.53. The minimum absolute atomic E-state index is 0.0750. The van der Waals surface area contributed by atoms with Gasteiger partial charge < -0.3 is 9.64 Å². The predicted molar refractivity (Wildman–Crippen MR) is 57.6 cm³/mol. The van der Waals surface area contributed by atoms with E-state index in [0.717, 1.165) is 12.8 Å². The summed E-state index contributed by atoms with van der Waals surface area (Å²) in [6.07, 6.45) is 1.62. The van der Waals surface area contributed by atoms with Crippen LogP contribution in [0.4, 0.5) is 0 Å². The zero-order valence-corrected chi connectivity index (χ0v) is 10.4. The summed E-state index contributed by atoms with van der Waals surface area (Å²) >= 11 is 3.33. The number of carbonyl (C=O) groups is 2. The van der Waals surface area contributed by atoms with Crippen LogP contribution >= 0.6 is 15.9 Å². The van der Waals surface area contributed by atoms with Gasteiger partial charge >= 0.3 is 5.97 Å². The molecular weight excluding hydrogens is 262 g/mol. The number of halogens is 1. The number of amides is 1. The van der Waals surface area contributed by atoms with E-state index in [1.807, 2.05) is 6.92 Å². The van der Waals surface area contributed by atoms with E-state index in [9.17, 15) is 9.59 Å². The monoisotopic (exact) mass is 275 g/mol. The molecule has 4 nitrogen and oxygen atoms in total. The van der Waals surface area contributed by atoms with Gasteiger partial charge in [-0.05, 0) is 26.7 Å². The summed E-state index contributed by atoms with van der Waals surface area (Å²) in [5, 5.41) is 0. The third-order valence-corrected chi connectivity index (χ3v) is 4.16. The van der Waals surface area contributed by atoms with Crippen LogP contribution in [0.5, 0.6) is 0 Å². The molecule has 0 N–H and O–H groups in total. The van der Waals surface area contributed by atoms with Gasteiger partial charge in [0.1, 0.15) is 6.04 Å². The van der Waals surface area contributed by atoms with Crippen molar-refractivity contribution < 1.29 is 14.3 Å². The van der Waals surface area contributed by atoms with Crippen molar-refractivity contribution >= 4 is 27.8 Å². The second-order valence-corrected chi connectivity index (χ2v) is 5.67. The minimum Gasteiger partial charge on any atom is -0.446 e. The number of ether oxygens (including phenoxy) is 1. The maximum Gasteiger partial charge on any atom is 0.329 e. The van der Waals surface area contributed by atoms with Crippen LogP contribution in [0.3, 0.4) is 0 Å². The number of carbonyl (C=O) groups excluding carboxylic acids is 2. The highest BCUT2D eigenvalue weighted by Gasteiger charge is 2.53. The van der Waals surface area contributed by atoms with Crippen molar-refractivity contribution in [3.63, 3.8) is 0 Å². The quantitative estimate of drug-likeness (QED) is 0.532. The molecule has 0 aromatic rings. The van der Waals surface area contributed by atoms with Crippen LogP contribution < -0.4 is 0 Å². The Morgan fingerprint density at radius 3 is 2.87 bits per heavy atom. The SMILES string of the molecule is C[C@H](Br)[C@@]1(C)OC(=O)[C@@H]2CCCN2C1=O. The van der Waals surface area contributed by atoms with Crippen molar-refractivity contribution in [2.45, 2.75) is 43.2 Å². The van der Waals surface area contributed by atoms with E-state index in [-0.39, 0.29) is 22.7 Å². The van der Waals surface area contributed by atoms with Gasteiger partial charge in [-0.3, -0.25) is 4.79 Å². The summed E-state index contributed by atoms with van der Waals surface area (Å²) in [6, 6.07) is -0.336. The van der Waals surface area contributed by atoms with Gasteiger partial charge in [-0.25, -0.2) is 4.79 Å². The normalized spacial score (nSPS) is 37.5. The number of nitrogens with zero attached hydrogens (tertiary/aromatic N) is 1. The second-order valence-electron chi connectivity index (χ2n) is 4.30. The molecule has 3 atom stereocenters. The number of morpholine rings is 1. The zero-order chi connectivity index (χ0) is 11.2. The molecule has 0 aromatic heterocycles. The van der Waals surface area contributed by atoms with Gasteiger partial charge in [0.15, 0.2) is 5.60 Å². The minimum atomic E-state index is -1.04. The Morgan fingerprint density at radius 2 is 2.27 bits per heavy atom. The van der Waals surface area contributed by atoms with E-state index in [1.54, 1.807) is 11.8 Å². The predicted octanol–water partition coefficient (Wildman–Crippen LogP) is 1.08. The van der Waals surface area contributed by atoms with Crippen molar-refractivity contribution in [3.8, 4) is 0 Å². The van der Waals surface area contributed by atoms with E-state index in [1.165, 1.54) is 0 Å². The summed E-state index contributed by atoms with van der Waals surface area (Å²) in [4.78, 5) is 25.3. The van der Waals surface area contributed by atoms with Crippen LogP contribution in [0, 0.1) is 0 Å². The molecule has 0 aliphatic carbocycles. The van der Waals surface area contributed by atoms with Gasteiger partial charge in [0.25, 0.3) is 5.91 Å². The fourth-order valence-corrected chi connectivity index (χ4v) is 2.40. The molecule has 0 spiro atoms. The molecule has 1 amide bonds. The van der Waals surface area contributed by atoms with Gasteiger partial charge in [0.2, 0.25) is 0 Å². The number of alkyl halides is 1. The first kappa shape index (κ1) is 10.9. The molecular formula is C10H14BrNO3. The summed E-state index contributed by atoms with van der Waals surface area (Å²) in [5.41, 5.74) is -1.04. The van der Waals surface area contributed by atoms with Gasteiger partial charge in [0.05, 0.1) is 4.83 Å². The third kappa shape index (κ3) is 1.48. The second kappa shape index (κ2) is 3.47. The number of hydrogen-bond donors (Lipinski definition) is 0. The topological polar surface area (TPSA) is 46.6 Å². The van der Waals surface area contributed by atoms with Crippen LogP contribution in [0.25, 0.3) is 0 Å². The van der Waals surface area contributed by atoms with Gasteiger partial charge in [-0.15, -0.1) is 0 Å². The van der Waals surface area contributed by atoms with E-state index < -0.39 is 5.60 Å². The van der Waals surface area contributed by atoms with Gasteiger partial charge in [0, 0.05) is 6.54 Å². The fourth-order valence-electron chi connectivity index (χ4n) is 2.11. The molecule has 5 heteroatoms. The molecule has 0 unspecified atom stereocenters. The molecule has 2 aliphatic heterocycles. The number of esters is 1. The van der Waals surface area contributed by atoms with Crippen molar-refractivity contribution in [2.75, 3.05) is 6.54 Å². The lowest BCUT2D eigenvalue weighted by molar-refractivity contribution is -0.188. The summed E-state index contributed by atoms with van der Waals surface area (Å²) in [5.74, 6) is -0.338. The molecule has 2 saturated heterocycles. The molecule has 2 fully saturated rings. The van der Waals surface area contributed by atoms with Crippen molar-refractivity contribution in [2.24, 2.45) is 0 Å². The standard InChI is InChI=1S/C10H14BrNO3/c1-6(11)10(2)9(14)12-5-3-4-7(12)8(13)15-10/h6-7H,3-5H2,1-2H3/t6-,7-,10+/m0/s1. The van der Waals surface area contributed by atoms with E-state index in [4.69, 9.17) is 4.74 Å². The van der Waals surface area contributed by atoms with E-state index in [2.05, 4.69) is 15.9 Å². The molecule has 0 saturated carbocycles. The average Bonchev–Trinajstić information content (AvgIpc) is 2.62. The van der Waals surface area contributed by atoms with E-state index in [0.29, 0.717) is 6.54 Å². The van der Waals surface area contributed by atoms with Crippen molar-refractivity contribution in [3.05, 3.63) is 0 Å². The number of cyclic esters (lactones) is 1. The molecule has 0 radical (unpaired) electrons. The van der Waals surface area contributed by atoms with Crippen molar-refractivity contribution in [1.82, 2.24) is 4.90 Å². The highest BCUT2D eigenvalue weighted by atomic mass is 79.9. The lowest BCUT2D eigenvalue weighted by Crippen LogP contribution is -2.62. The van der Waals surface area contributed by atoms with E-state index >= 15 is 0 Å². The third-order valence-electron chi connectivity index (χ3n) is 3.28. The molecule has 0 bridgehead atoms. The van der Waals surface area contributed by atoms with Crippen LogP contribution in [-0.4, -0.2) is 39.8 Å². The average molecular weight is 276 g/mol. The first-order valence-electron chi connectivity index (χ1n) is 5.15. The Balaban J connectivity index is 2.32. The smallest absolute Gasteiger partial charge is 0.329 e. The molecule has 2 aliphatic rings. The lowest BCUT2D eigenvalue weighted by atomic mass is 9.98. The van der Waals surface area contributed by atoms with Gasteiger partial charge in [-0.2, -0.15) is 0 Å². The maximum absolute atomic E-state index is 12.1. The van der Waals surface area contributed by atoms with Gasteiger partial charge in [-0.1, -0.05) is 15.9 Å². The number of fused-ring (bicyclic) bond motifs is 1. The Hall–Kier alpha value is -0.580. The van der Waals surface area contributed by atoms with Crippen LogP contribution in [0.2, 0.25) is 0 Å². The first-order valence-corrected chi connectivity index (χ1v) is 6.06. The zero-order valence-electron chi connectivity index (χ0n) is 8.83. The number of hydrogen-bond acceptors (Lipinski definition) is 3. The molecule has 2 rings (SSSR count). The Bertz CT molecular complexity index is 318. The first-order chi connectivity index (χ1) is 6.97. The van der Waals surface area contributed by atoms with Crippen LogP contribution in [0.15, 0.2) is 0 Å². The number of rotatable bonds is 1. The van der Waals surface area contributed by atoms with Crippen molar-refractivity contribution in [1.29, 1.82) is 0 Å². The van der Waals surface area contributed by atoms with Crippen LogP contribution in [-0.2, 0) is 14.3 Å². The maximum atomic E-state index is 12.1. The molecule has 15 heavy (non-hydrogen) atoms. The Labute approximate surface area is 97.1 Å². The summed E-state index contributed by atoms with van der Waals surface area (Å²) in [6.45, 7) is 4.16. The largest absolute Gasteiger partial charge is 0.446 e. The molecule has 0 aromatic carbocycles. The highest BCUT2D eigenvalue weighted by Crippen LogP contribution is 2.34.